The Balaban J connectivity index is 2.23. The lowest BCUT2D eigenvalue weighted by atomic mass is 10.1. The zero-order valence-electron chi connectivity index (χ0n) is 8.55. The molecule has 16 heavy (non-hydrogen) atoms. The first-order valence-corrected chi connectivity index (χ1v) is 6.63. The lowest BCUT2D eigenvalue weighted by Gasteiger charge is -2.08. The second-order valence-corrected chi connectivity index (χ2v) is 5.76. The van der Waals surface area contributed by atoms with Crippen LogP contribution in [0.5, 0.6) is 0 Å². The van der Waals surface area contributed by atoms with Gasteiger partial charge in [0.25, 0.3) is 0 Å². The SMILES string of the molecule is C[C@H](N)c1ccc(Sc2ncns2)c(Cl)c1. The van der Waals surface area contributed by atoms with Crippen LogP contribution in [0.2, 0.25) is 5.02 Å². The summed E-state index contributed by atoms with van der Waals surface area (Å²) in [5.41, 5.74) is 6.82. The molecular formula is C10H10ClN3S2. The van der Waals surface area contributed by atoms with E-state index in [2.05, 4.69) is 9.36 Å². The molecule has 0 aliphatic heterocycles. The Kier molecular flexibility index (Phi) is 3.81. The van der Waals surface area contributed by atoms with Crippen molar-refractivity contribution >= 4 is 34.9 Å². The fourth-order valence-electron chi connectivity index (χ4n) is 1.19. The number of aromatic nitrogens is 2. The monoisotopic (exact) mass is 271 g/mol. The Bertz CT molecular complexity index is 471. The highest BCUT2D eigenvalue weighted by atomic mass is 35.5. The number of halogens is 1. The molecule has 3 nitrogen and oxygen atoms in total. The minimum atomic E-state index is -0.00178. The maximum absolute atomic E-state index is 6.17. The van der Waals surface area contributed by atoms with Gasteiger partial charge in [-0.15, -0.1) is 0 Å². The predicted octanol–water partition coefficient (Wildman–Crippen LogP) is 3.36. The normalized spacial score (nSPS) is 12.7. The van der Waals surface area contributed by atoms with Gasteiger partial charge < -0.3 is 5.73 Å². The third kappa shape index (κ3) is 2.74. The Morgan fingerprint density at radius 1 is 1.50 bits per heavy atom. The lowest BCUT2D eigenvalue weighted by Crippen LogP contribution is -2.04. The van der Waals surface area contributed by atoms with Gasteiger partial charge in [-0.3, -0.25) is 0 Å². The molecule has 0 amide bonds. The van der Waals surface area contributed by atoms with Gasteiger partial charge >= 0.3 is 0 Å². The van der Waals surface area contributed by atoms with Crippen LogP contribution in [-0.4, -0.2) is 9.36 Å². The third-order valence-electron chi connectivity index (χ3n) is 2.02. The fraction of sp³-hybridized carbons (Fsp3) is 0.200. The molecule has 0 fully saturated rings. The van der Waals surface area contributed by atoms with E-state index in [-0.39, 0.29) is 6.04 Å². The number of nitrogens with zero attached hydrogens (tertiary/aromatic N) is 2. The number of benzene rings is 1. The summed E-state index contributed by atoms with van der Waals surface area (Å²) in [4.78, 5) is 5.07. The maximum Gasteiger partial charge on any atom is 0.174 e. The van der Waals surface area contributed by atoms with Crippen molar-refractivity contribution in [2.45, 2.75) is 22.2 Å². The van der Waals surface area contributed by atoms with Crippen molar-refractivity contribution in [1.82, 2.24) is 9.36 Å². The topological polar surface area (TPSA) is 51.8 Å². The van der Waals surface area contributed by atoms with Gasteiger partial charge in [0.05, 0.1) is 5.02 Å². The van der Waals surface area contributed by atoms with Crippen molar-refractivity contribution in [2.24, 2.45) is 5.73 Å². The Labute approximate surface area is 107 Å². The van der Waals surface area contributed by atoms with Gasteiger partial charge in [-0.2, -0.15) is 4.37 Å². The van der Waals surface area contributed by atoms with Crippen LogP contribution >= 0.6 is 34.9 Å². The molecule has 1 aromatic heterocycles. The summed E-state index contributed by atoms with van der Waals surface area (Å²) in [6.45, 7) is 1.93. The van der Waals surface area contributed by atoms with Crippen LogP contribution in [0.4, 0.5) is 0 Å². The average Bonchev–Trinajstić information content (AvgIpc) is 2.73. The number of hydrogen-bond acceptors (Lipinski definition) is 5. The van der Waals surface area contributed by atoms with Crippen LogP contribution in [-0.2, 0) is 0 Å². The Morgan fingerprint density at radius 2 is 2.31 bits per heavy atom. The molecule has 0 saturated carbocycles. The van der Waals surface area contributed by atoms with E-state index in [1.165, 1.54) is 29.6 Å². The fourth-order valence-corrected chi connectivity index (χ4v) is 2.90. The number of rotatable bonds is 3. The Morgan fingerprint density at radius 3 is 2.88 bits per heavy atom. The maximum atomic E-state index is 6.17. The van der Waals surface area contributed by atoms with Crippen molar-refractivity contribution < 1.29 is 0 Å². The van der Waals surface area contributed by atoms with E-state index < -0.39 is 0 Å². The van der Waals surface area contributed by atoms with Gasteiger partial charge in [0.1, 0.15) is 6.33 Å². The standard InChI is InChI=1S/C10H10ClN3S2/c1-6(12)7-2-3-9(8(11)4-7)15-10-13-5-14-16-10/h2-6H,12H2,1H3/t6-/m0/s1. The van der Waals surface area contributed by atoms with E-state index in [1.807, 2.05) is 25.1 Å². The van der Waals surface area contributed by atoms with Crippen molar-refractivity contribution in [2.75, 3.05) is 0 Å². The first-order valence-electron chi connectivity index (χ1n) is 4.66. The zero-order chi connectivity index (χ0) is 11.5. The largest absolute Gasteiger partial charge is 0.324 e. The second-order valence-electron chi connectivity index (χ2n) is 3.29. The van der Waals surface area contributed by atoms with E-state index in [1.54, 1.807) is 0 Å². The van der Waals surface area contributed by atoms with E-state index in [9.17, 15) is 0 Å². The summed E-state index contributed by atoms with van der Waals surface area (Å²) >= 11 is 9.04. The van der Waals surface area contributed by atoms with Crippen molar-refractivity contribution in [1.29, 1.82) is 0 Å². The molecule has 0 bridgehead atoms. The third-order valence-corrected chi connectivity index (χ3v) is 4.24. The second kappa shape index (κ2) is 5.14. The molecule has 0 saturated heterocycles. The molecule has 1 aromatic carbocycles. The number of nitrogens with two attached hydrogens (primary N) is 1. The summed E-state index contributed by atoms with van der Waals surface area (Å²) in [6.07, 6.45) is 1.54. The van der Waals surface area contributed by atoms with Crippen molar-refractivity contribution in [3.05, 3.63) is 35.1 Å². The molecule has 6 heteroatoms. The number of hydrogen-bond donors (Lipinski definition) is 1. The minimum absolute atomic E-state index is 0.00178. The van der Waals surface area contributed by atoms with Gasteiger partial charge in [-0.1, -0.05) is 29.4 Å². The van der Waals surface area contributed by atoms with Crippen LogP contribution in [0, 0.1) is 0 Å². The summed E-state index contributed by atoms with van der Waals surface area (Å²) < 4.78 is 4.83. The van der Waals surface area contributed by atoms with Gasteiger partial charge in [-0.05, 0) is 36.2 Å². The van der Waals surface area contributed by atoms with Crippen LogP contribution in [0.3, 0.4) is 0 Å². The molecule has 0 unspecified atom stereocenters. The molecule has 0 spiro atoms. The van der Waals surface area contributed by atoms with Gasteiger partial charge in [0.15, 0.2) is 4.34 Å². The summed E-state index contributed by atoms with van der Waals surface area (Å²) in [6, 6.07) is 5.85. The smallest absolute Gasteiger partial charge is 0.174 e. The van der Waals surface area contributed by atoms with E-state index in [4.69, 9.17) is 17.3 Å². The molecule has 0 aliphatic carbocycles. The molecule has 2 rings (SSSR count). The van der Waals surface area contributed by atoms with E-state index >= 15 is 0 Å². The highest BCUT2D eigenvalue weighted by Gasteiger charge is 2.07. The Hall–Kier alpha value is -0.620. The van der Waals surface area contributed by atoms with Crippen LogP contribution < -0.4 is 5.73 Å². The molecule has 2 aromatic rings. The van der Waals surface area contributed by atoms with Crippen molar-refractivity contribution in [3.8, 4) is 0 Å². The highest BCUT2D eigenvalue weighted by Crippen LogP contribution is 2.34. The van der Waals surface area contributed by atoms with Gasteiger partial charge in [0, 0.05) is 10.9 Å². The molecule has 1 atom stereocenters. The van der Waals surface area contributed by atoms with E-state index in [0.717, 1.165) is 14.8 Å². The molecule has 1 heterocycles. The minimum Gasteiger partial charge on any atom is -0.324 e. The molecule has 2 N–H and O–H groups in total. The molecular weight excluding hydrogens is 262 g/mol. The predicted molar refractivity (Wildman–Crippen MR) is 68.1 cm³/mol. The first kappa shape index (κ1) is 11.9. The van der Waals surface area contributed by atoms with E-state index in [0.29, 0.717) is 5.02 Å². The molecule has 0 aliphatic rings. The van der Waals surface area contributed by atoms with Crippen LogP contribution in [0.25, 0.3) is 0 Å². The average molecular weight is 272 g/mol. The van der Waals surface area contributed by atoms with Crippen molar-refractivity contribution in [3.63, 3.8) is 0 Å². The molecule has 84 valence electrons. The van der Waals surface area contributed by atoms with Gasteiger partial charge in [0.2, 0.25) is 0 Å². The zero-order valence-corrected chi connectivity index (χ0v) is 10.9. The molecule has 0 radical (unpaired) electrons. The van der Waals surface area contributed by atoms with Crippen LogP contribution in [0.15, 0.2) is 33.8 Å². The lowest BCUT2D eigenvalue weighted by molar-refractivity contribution is 0.817. The highest BCUT2D eigenvalue weighted by molar-refractivity contribution is 8.01. The van der Waals surface area contributed by atoms with Gasteiger partial charge in [-0.25, -0.2) is 4.98 Å². The summed E-state index contributed by atoms with van der Waals surface area (Å²) in [7, 11) is 0. The van der Waals surface area contributed by atoms with Crippen LogP contribution in [0.1, 0.15) is 18.5 Å². The quantitative estimate of drug-likeness (QED) is 0.930. The summed E-state index contributed by atoms with van der Waals surface area (Å²) in [5, 5.41) is 0.704. The summed E-state index contributed by atoms with van der Waals surface area (Å²) in [5.74, 6) is 0. The first-order chi connectivity index (χ1) is 7.66.